The molecule has 4 nitrogen and oxygen atoms in total. The van der Waals surface area contributed by atoms with Crippen LogP contribution in [0.1, 0.15) is 31.7 Å². The van der Waals surface area contributed by atoms with Gasteiger partial charge in [-0.15, -0.1) is 0 Å². The van der Waals surface area contributed by atoms with E-state index in [1.54, 1.807) is 6.20 Å². The predicted octanol–water partition coefficient (Wildman–Crippen LogP) is 2.05. The van der Waals surface area contributed by atoms with Crippen molar-refractivity contribution < 1.29 is 4.74 Å². The van der Waals surface area contributed by atoms with E-state index in [-0.39, 0.29) is 0 Å². The fourth-order valence-corrected chi connectivity index (χ4v) is 2.37. The minimum absolute atomic E-state index is 0.386. The molecule has 1 aliphatic rings. The number of hydrogen-bond donors (Lipinski definition) is 1. The molecule has 1 aliphatic heterocycles. The van der Waals surface area contributed by atoms with Gasteiger partial charge in [0.15, 0.2) is 0 Å². The first-order valence-corrected chi connectivity index (χ1v) is 6.83. The van der Waals surface area contributed by atoms with E-state index >= 15 is 0 Å². The van der Waals surface area contributed by atoms with Crippen molar-refractivity contribution in [2.45, 2.75) is 38.8 Å². The SMILES string of the molecule is CCN(Cc1cccnc1N)C[C@H]1CCCCO1. The van der Waals surface area contributed by atoms with Gasteiger partial charge >= 0.3 is 0 Å². The molecule has 4 heteroatoms. The summed E-state index contributed by atoms with van der Waals surface area (Å²) in [4.78, 5) is 6.51. The number of pyridine rings is 1. The molecule has 0 unspecified atom stereocenters. The first-order valence-electron chi connectivity index (χ1n) is 6.83. The van der Waals surface area contributed by atoms with Crippen LogP contribution in [0.15, 0.2) is 18.3 Å². The minimum atomic E-state index is 0.386. The van der Waals surface area contributed by atoms with Crippen LogP contribution in [0.3, 0.4) is 0 Å². The zero-order chi connectivity index (χ0) is 12.8. The van der Waals surface area contributed by atoms with Gasteiger partial charge in [0, 0.05) is 31.5 Å². The number of aromatic nitrogens is 1. The number of nitrogens with two attached hydrogens (primary N) is 1. The Kier molecular flexibility index (Phi) is 4.96. The van der Waals surface area contributed by atoms with Crippen molar-refractivity contribution in [3.63, 3.8) is 0 Å². The van der Waals surface area contributed by atoms with Gasteiger partial charge in [-0.1, -0.05) is 13.0 Å². The van der Waals surface area contributed by atoms with Crippen LogP contribution >= 0.6 is 0 Å². The third-order valence-electron chi connectivity index (χ3n) is 3.50. The molecule has 0 aliphatic carbocycles. The lowest BCUT2D eigenvalue weighted by molar-refractivity contribution is -0.00621. The lowest BCUT2D eigenvalue weighted by atomic mass is 10.1. The number of ether oxygens (including phenoxy) is 1. The molecule has 100 valence electrons. The molecular weight excluding hydrogens is 226 g/mol. The van der Waals surface area contributed by atoms with Gasteiger partial charge in [0.05, 0.1) is 6.10 Å². The molecule has 2 heterocycles. The van der Waals surface area contributed by atoms with Crippen LogP contribution in [0.4, 0.5) is 5.82 Å². The Hall–Kier alpha value is -1.13. The summed E-state index contributed by atoms with van der Waals surface area (Å²) in [6.45, 7) is 5.95. The largest absolute Gasteiger partial charge is 0.383 e. The fourth-order valence-electron chi connectivity index (χ4n) is 2.37. The van der Waals surface area contributed by atoms with Crippen molar-refractivity contribution in [3.05, 3.63) is 23.9 Å². The smallest absolute Gasteiger partial charge is 0.127 e. The Morgan fingerprint density at radius 1 is 1.50 bits per heavy atom. The number of nitrogen functional groups attached to an aromatic ring is 1. The van der Waals surface area contributed by atoms with Crippen molar-refractivity contribution in [1.29, 1.82) is 0 Å². The summed E-state index contributed by atoms with van der Waals surface area (Å²) in [5, 5.41) is 0. The van der Waals surface area contributed by atoms with Crippen molar-refractivity contribution in [3.8, 4) is 0 Å². The number of likely N-dealkylation sites (N-methyl/N-ethyl adjacent to an activating group) is 1. The highest BCUT2D eigenvalue weighted by atomic mass is 16.5. The van der Waals surface area contributed by atoms with Gasteiger partial charge in [-0.25, -0.2) is 4.98 Å². The summed E-state index contributed by atoms with van der Waals surface area (Å²) >= 11 is 0. The van der Waals surface area contributed by atoms with Gasteiger partial charge in [0.1, 0.15) is 5.82 Å². The van der Waals surface area contributed by atoms with Crippen LogP contribution in [-0.4, -0.2) is 35.7 Å². The lowest BCUT2D eigenvalue weighted by Crippen LogP contribution is -2.35. The molecule has 18 heavy (non-hydrogen) atoms. The highest BCUT2D eigenvalue weighted by molar-refractivity contribution is 5.38. The standard InChI is InChI=1S/C14H23N3O/c1-2-17(11-13-7-3-4-9-18-13)10-12-6-5-8-16-14(12)15/h5-6,8,13H,2-4,7,9-11H2,1H3,(H2,15,16)/t13-/m1/s1. The van der Waals surface area contributed by atoms with E-state index in [0.717, 1.165) is 31.8 Å². The van der Waals surface area contributed by atoms with Crippen molar-refractivity contribution >= 4 is 5.82 Å². The van der Waals surface area contributed by atoms with E-state index in [4.69, 9.17) is 10.5 Å². The second kappa shape index (κ2) is 6.71. The quantitative estimate of drug-likeness (QED) is 0.867. The van der Waals surface area contributed by atoms with E-state index < -0.39 is 0 Å². The maximum absolute atomic E-state index is 5.89. The first-order chi connectivity index (χ1) is 8.79. The van der Waals surface area contributed by atoms with Crippen LogP contribution in [0.2, 0.25) is 0 Å². The van der Waals surface area contributed by atoms with Gasteiger partial charge in [-0.2, -0.15) is 0 Å². The number of nitrogens with zero attached hydrogens (tertiary/aromatic N) is 2. The van der Waals surface area contributed by atoms with E-state index in [1.807, 2.05) is 12.1 Å². The molecule has 2 rings (SSSR count). The van der Waals surface area contributed by atoms with E-state index in [1.165, 1.54) is 19.3 Å². The van der Waals surface area contributed by atoms with Crippen LogP contribution < -0.4 is 5.73 Å². The van der Waals surface area contributed by atoms with Gasteiger partial charge in [-0.3, -0.25) is 4.90 Å². The Labute approximate surface area is 109 Å². The van der Waals surface area contributed by atoms with Gasteiger partial charge in [0.25, 0.3) is 0 Å². The van der Waals surface area contributed by atoms with Gasteiger partial charge in [-0.05, 0) is 31.9 Å². The zero-order valence-corrected chi connectivity index (χ0v) is 11.1. The number of anilines is 1. The molecule has 1 aromatic heterocycles. The Morgan fingerprint density at radius 3 is 3.06 bits per heavy atom. The van der Waals surface area contributed by atoms with Crippen LogP contribution in [0, 0.1) is 0 Å². The summed E-state index contributed by atoms with van der Waals surface area (Å²) in [5.41, 5.74) is 6.99. The summed E-state index contributed by atoms with van der Waals surface area (Å²) in [5.74, 6) is 0.639. The zero-order valence-electron chi connectivity index (χ0n) is 11.1. The molecule has 1 saturated heterocycles. The summed E-state index contributed by atoms with van der Waals surface area (Å²) in [7, 11) is 0. The Bertz CT molecular complexity index is 364. The molecule has 0 saturated carbocycles. The third-order valence-corrected chi connectivity index (χ3v) is 3.50. The highest BCUT2D eigenvalue weighted by Crippen LogP contribution is 2.16. The van der Waals surface area contributed by atoms with Crippen molar-refractivity contribution in [2.24, 2.45) is 0 Å². The molecule has 0 spiro atoms. The molecule has 0 amide bonds. The summed E-state index contributed by atoms with van der Waals surface area (Å²) in [6.07, 6.45) is 5.80. The van der Waals surface area contributed by atoms with Crippen molar-refractivity contribution in [2.75, 3.05) is 25.4 Å². The maximum Gasteiger partial charge on any atom is 0.127 e. The average Bonchev–Trinajstić information content (AvgIpc) is 2.41. The van der Waals surface area contributed by atoms with E-state index in [9.17, 15) is 0 Å². The van der Waals surface area contributed by atoms with Crippen LogP contribution in [0.25, 0.3) is 0 Å². The second-order valence-corrected chi connectivity index (χ2v) is 4.86. The Balaban J connectivity index is 1.90. The molecule has 2 N–H and O–H groups in total. The van der Waals surface area contributed by atoms with Gasteiger partial charge < -0.3 is 10.5 Å². The molecule has 1 atom stereocenters. The molecule has 1 fully saturated rings. The third kappa shape index (κ3) is 3.68. The van der Waals surface area contributed by atoms with E-state index in [0.29, 0.717) is 11.9 Å². The molecule has 0 aromatic carbocycles. The average molecular weight is 249 g/mol. The molecule has 0 bridgehead atoms. The van der Waals surface area contributed by atoms with Crippen LogP contribution in [-0.2, 0) is 11.3 Å². The monoisotopic (exact) mass is 249 g/mol. The fraction of sp³-hybridized carbons (Fsp3) is 0.643. The maximum atomic E-state index is 5.89. The topological polar surface area (TPSA) is 51.4 Å². The second-order valence-electron chi connectivity index (χ2n) is 4.86. The number of rotatable bonds is 5. The first kappa shape index (κ1) is 13.3. The van der Waals surface area contributed by atoms with Gasteiger partial charge in [0.2, 0.25) is 0 Å². The molecule has 0 radical (unpaired) electrons. The van der Waals surface area contributed by atoms with Crippen LogP contribution in [0.5, 0.6) is 0 Å². The predicted molar refractivity (Wildman–Crippen MR) is 73.2 cm³/mol. The highest BCUT2D eigenvalue weighted by Gasteiger charge is 2.17. The summed E-state index contributed by atoms with van der Waals surface area (Å²) in [6, 6.07) is 3.99. The lowest BCUT2D eigenvalue weighted by Gasteiger charge is -2.29. The normalized spacial score (nSPS) is 20.2. The van der Waals surface area contributed by atoms with E-state index in [2.05, 4.69) is 16.8 Å². The molecule has 1 aromatic rings. The minimum Gasteiger partial charge on any atom is -0.383 e. The summed E-state index contributed by atoms with van der Waals surface area (Å²) < 4.78 is 5.79. The molecular formula is C14H23N3O. The Morgan fingerprint density at radius 2 is 2.39 bits per heavy atom. The van der Waals surface area contributed by atoms with Crippen molar-refractivity contribution in [1.82, 2.24) is 9.88 Å². The number of hydrogen-bond acceptors (Lipinski definition) is 4.